The van der Waals surface area contributed by atoms with Gasteiger partial charge in [0.2, 0.25) is 6.29 Å². The first kappa shape index (κ1) is 9.89. The second kappa shape index (κ2) is 4.74. The molecule has 3 N–H and O–H groups in total. The first-order chi connectivity index (χ1) is 6.24. The smallest absolute Gasteiger partial charge is 0.231 e. The van der Waals surface area contributed by atoms with E-state index in [1.807, 2.05) is 30.3 Å². The first-order valence-corrected chi connectivity index (χ1v) is 4.09. The molecular formula is C10H12NO2. The van der Waals surface area contributed by atoms with Crippen LogP contribution in [-0.2, 0) is 11.2 Å². The predicted molar refractivity (Wildman–Crippen MR) is 49.8 cm³/mol. The zero-order chi connectivity index (χ0) is 9.68. The maximum Gasteiger partial charge on any atom is 0.231 e. The lowest BCUT2D eigenvalue weighted by molar-refractivity contribution is 0.203. The van der Waals surface area contributed by atoms with Crippen molar-refractivity contribution < 1.29 is 9.90 Å². The molecule has 0 unspecified atom stereocenters. The Labute approximate surface area is 77.2 Å². The Balaban J connectivity index is 2.54. The molecule has 0 saturated carbocycles. The lowest BCUT2D eigenvalue weighted by Crippen LogP contribution is -2.37. The molecule has 0 aliphatic rings. The molecule has 2 atom stereocenters. The summed E-state index contributed by atoms with van der Waals surface area (Å²) < 4.78 is 0. The van der Waals surface area contributed by atoms with Crippen LogP contribution in [0.25, 0.3) is 0 Å². The van der Waals surface area contributed by atoms with Crippen molar-refractivity contribution in [1.82, 2.24) is 0 Å². The van der Waals surface area contributed by atoms with Gasteiger partial charge in [-0.25, -0.2) is 0 Å². The number of aliphatic hydroxyl groups excluding tert-OH is 1. The topological polar surface area (TPSA) is 63.3 Å². The Hall–Kier alpha value is -1.19. The molecule has 3 heteroatoms. The molecule has 0 bridgehead atoms. The first-order valence-electron chi connectivity index (χ1n) is 4.09. The van der Waals surface area contributed by atoms with Crippen LogP contribution in [0, 0.1) is 0 Å². The highest BCUT2D eigenvalue weighted by Crippen LogP contribution is 2.03. The summed E-state index contributed by atoms with van der Waals surface area (Å²) in [7, 11) is 0. The monoisotopic (exact) mass is 178 g/mol. The standard InChI is InChI=1S/C10H12NO2/c11-9(10(13)7-12)6-8-4-2-1-3-5-8/h1-5,9-10,13H,6,11H2/t9-,10+/m0/s1. The van der Waals surface area contributed by atoms with E-state index in [9.17, 15) is 4.79 Å². The summed E-state index contributed by atoms with van der Waals surface area (Å²) in [5.41, 5.74) is 6.55. The van der Waals surface area contributed by atoms with E-state index in [0.717, 1.165) is 5.56 Å². The minimum absolute atomic E-state index is 0.483. The third-order valence-corrected chi connectivity index (χ3v) is 1.84. The van der Waals surface area contributed by atoms with Gasteiger partial charge in [0, 0.05) is 6.04 Å². The zero-order valence-electron chi connectivity index (χ0n) is 7.18. The number of rotatable bonds is 4. The molecule has 13 heavy (non-hydrogen) atoms. The fraction of sp³-hybridized carbons (Fsp3) is 0.300. The van der Waals surface area contributed by atoms with Gasteiger partial charge in [-0.2, -0.15) is 0 Å². The van der Waals surface area contributed by atoms with Crippen LogP contribution >= 0.6 is 0 Å². The molecule has 0 aliphatic heterocycles. The lowest BCUT2D eigenvalue weighted by atomic mass is 10.0. The van der Waals surface area contributed by atoms with Crippen molar-refractivity contribution in [3.05, 3.63) is 35.9 Å². The fourth-order valence-corrected chi connectivity index (χ4v) is 1.09. The molecule has 3 nitrogen and oxygen atoms in total. The lowest BCUT2D eigenvalue weighted by Gasteiger charge is -2.12. The molecule has 0 spiro atoms. The second-order valence-electron chi connectivity index (χ2n) is 2.92. The largest absolute Gasteiger partial charge is 0.383 e. The van der Waals surface area contributed by atoms with E-state index in [1.165, 1.54) is 6.29 Å². The number of benzene rings is 1. The quantitative estimate of drug-likeness (QED) is 0.683. The Morgan fingerprint density at radius 2 is 2.00 bits per heavy atom. The number of nitrogens with two attached hydrogens (primary N) is 1. The number of aliphatic hydroxyl groups is 1. The van der Waals surface area contributed by atoms with Crippen LogP contribution in [0.1, 0.15) is 5.56 Å². The zero-order valence-corrected chi connectivity index (χ0v) is 7.18. The van der Waals surface area contributed by atoms with Gasteiger partial charge in [-0.3, -0.25) is 4.79 Å². The van der Waals surface area contributed by atoms with Crippen LogP contribution in [-0.4, -0.2) is 23.5 Å². The van der Waals surface area contributed by atoms with Gasteiger partial charge in [-0.05, 0) is 12.0 Å². The van der Waals surface area contributed by atoms with Crippen molar-refractivity contribution in [2.45, 2.75) is 18.6 Å². The molecule has 1 aromatic carbocycles. The highest BCUT2D eigenvalue weighted by atomic mass is 16.3. The molecule has 0 amide bonds. The molecule has 1 radical (unpaired) electrons. The number of hydrogen-bond donors (Lipinski definition) is 2. The molecule has 69 valence electrons. The molecule has 0 fully saturated rings. The Morgan fingerprint density at radius 3 is 2.54 bits per heavy atom. The van der Waals surface area contributed by atoms with Crippen molar-refractivity contribution in [2.75, 3.05) is 0 Å². The van der Waals surface area contributed by atoms with Crippen LogP contribution in [0.3, 0.4) is 0 Å². The van der Waals surface area contributed by atoms with Crippen molar-refractivity contribution >= 4 is 6.29 Å². The summed E-state index contributed by atoms with van der Waals surface area (Å²) in [6.07, 6.45) is 0.755. The van der Waals surface area contributed by atoms with Crippen molar-refractivity contribution in [2.24, 2.45) is 5.73 Å². The van der Waals surface area contributed by atoms with Crippen LogP contribution in [0.5, 0.6) is 0 Å². The van der Waals surface area contributed by atoms with Crippen molar-refractivity contribution in [1.29, 1.82) is 0 Å². The van der Waals surface area contributed by atoms with Crippen molar-refractivity contribution in [3.63, 3.8) is 0 Å². The molecule has 1 aromatic rings. The van der Waals surface area contributed by atoms with Crippen LogP contribution in [0.4, 0.5) is 0 Å². The maximum atomic E-state index is 10.1. The molecule has 0 saturated heterocycles. The average molecular weight is 178 g/mol. The third kappa shape index (κ3) is 2.97. The summed E-state index contributed by atoms with van der Waals surface area (Å²) in [4.78, 5) is 10.1. The van der Waals surface area contributed by atoms with E-state index in [-0.39, 0.29) is 0 Å². The van der Waals surface area contributed by atoms with Gasteiger partial charge >= 0.3 is 0 Å². The highest BCUT2D eigenvalue weighted by Gasteiger charge is 2.14. The van der Waals surface area contributed by atoms with E-state index in [2.05, 4.69) is 0 Å². The Bertz CT molecular complexity index is 261. The molecule has 0 aliphatic carbocycles. The summed E-state index contributed by atoms with van der Waals surface area (Å²) in [6, 6.07) is 8.91. The normalized spacial score (nSPS) is 14.9. The molecule has 1 rings (SSSR count). The van der Waals surface area contributed by atoms with Gasteiger partial charge in [0.25, 0.3) is 0 Å². The maximum absolute atomic E-state index is 10.1. The Kier molecular flexibility index (Phi) is 3.61. The van der Waals surface area contributed by atoms with E-state index in [1.54, 1.807) is 0 Å². The van der Waals surface area contributed by atoms with Crippen LogP contribution in [0.15, 0.2) is 30.3 Å². The second-order valence-corrected chi connectivity index (χ2v) is 2.92. The minimum Gasteiger partial charge on any atom is -0.383 e. The van der Waals surface area contributed by atoms with Gasteiger partial charge in [-0.1, -0.05) is 30.3 Å². The Morgan fingerprint density at radius 1 is 1.38 bits per heavy atom. The number of hydrogen-bond acceptors (Lipinski definition) is 3. The number of carbonyl (C=O) groups excluding carboxylic acids is 1. The summed E-state index contributed by atoms with van der Waals surface area (Å²) in [6.45, 7) is 0. The summed E-state index contributed by atoms with van der Waals surface area (Å²) in [5, 5.41) is 9.04. The SMILES string of the molecule is N[C@@H](Cc1ccccc1)[C@H](O)[C]=O. The van der Waals surface area contributed by atoms with Gasteiger partial charge < -0.3 is 10.8 Å². The van der Waals surface area contributed by atoms with Crippen LogP contribution in [0.2, 0.25) is 0 Å². The molecule has 0 aromatic heterocycles. The van der Waals surface area contributed by atoms with Gasteiger partial charge in [0.05, 0.1) is 0 Å². The predicted octanol–water partition coefficient (Wildman–Crippen LogP) is 0.0270. The van der Waals surface area contributed by atoms with Crippen LogP contribution < -0.4 is 5.73 Å². The van der Waals surface area contributed by atoms with E-state index in [4.69, 9.17) is 10.8 Å². The van der Waals surface area contributed by atoms with E-state index < -0.39 is 12.1 Å². The van der Waals surface area contributed by atoms with Crippen molar-refractivity contribution in [3.8, 4) is 0 Å². The summed E-state index contributed by atoms with van der Waals surface area (Å²) >= 11 is 0. The highest BCUT2D eigenvalue weighted by molar-refractivity contribution is 5.57. The van der Waals surface area contributed by atoms with Gasteiger partial charge in [0.1, 0.15) is 6.10 Å². The third-order valence-electron chi connectivity index (χ3n) is 1.84. The molecule has 0 heterocycles. The fourth-order valence-electron chi connectivity index (χ4n) is 1.09. The molecular weight excluding hydrogens is 166 g/mol. The summed E-state index contributed by atoms with van der Waals surface area (Å²) in [5.74, 6) is 0. The van der Waals surface area contributed by atoms with Gasteiger partial charge in [0.15, 0.2) is 0 Å². The van der Waals surface area contributed by atoms with E-state index in [0.29, 0.717) is 6.42 Å². The minimum atomic E-state index is -1.19. The van der Waals surface area contributed by atoms with E-state index >= 15 is 0 Å². The average Bonchev–Trinajstić information content (AvgIpc) is 2.18. The van der Waals surface area contributed by atoms with Gasteiger partial charge in [-0.15, -0.1) is 0 Å².